The molecular weight excluding hydrogens is 346 g/mol. The van der Waals surface area contributed by atoms with Gasteiger partial charge in [-0.25, -0.2) is 0 Å². The van der Waals surface area contributed by atoms with Crippen molar-refractivity contribution in [2.75, 3.05) is 39.3 Å². The number of hydrogen-bond donors (Lipinski definition) is 0. The van der Waals surface area contributed by atoms with Crippen molar-refractivity contribution >= 4 is 5.91 Å². The molecule has 0 N–H and O–H groups in total. The van der Waals surface area contributed by atoms with Crippen molar-refractivity contribution in [3.05, 3.63) is 71.8 Å². The van der Waals surface area contributed by atoms with Crippen LogP contribution in [0, 0.1) is 0 Å². The first-order valence-corrected chi connectivity index (χ1v) is 10.5. The van der Waals surface area contributed by atoms with Crippen LogP contribution in [-0.2, 0) is 4.79 Å². The summed E-state index contributed by atoms with van der Waals surface area (Å²) in [6, 6.07) is 21.7. The molecule has 1 atom stereocenters. The Kier molecular flexibility index (Phi) is 7.24. The van der Waals surface area contributed by atoms with Crippen molar-refractivity contribution in [3.8, 4) is 0 Å². The van der Waals surface area contributed by atoms with Gasteiger partial charge < -0.3 is 4.90 Å². The second-order valence-electron chi connectivity index (χ2n) is 7.48. The summed E-state index contributed by atoms with van der Waals surface area (Å²) in [4.78, 5) is 19.6. The lowest BCUT2D eigenvalue weighted by molar-refractivity contribution is -0.136. The van der Waals surface area contributed by atoms with E-state index in [2.05, 4.69) is 91.2 Å². The maximum atomic E-state index is 12.7. The van der Waals surface area contributed by atoms with Gasteiger partial charge in [-0.05, 0) is 31.9 Å². The van der Waals surface area contributed by atoms with Crippen LogP contribution >= 0.6 is 0 Å². The molecule has 1 heterocycles. The first-order valence-electron chi connectivity index (χ1n) is 10.5. The SMILES string of the molecule is CCN(CC)C(=O)[C@H](C)N1CCN(C(c2ccccc2)c2ccccc2)CC1. The van der Waals surface area contributed by atoms with Crippen molar-refractivity contribution < 1.29 is 4.79 Å². The fraction of sp³-hybridized carbons (Fsp3) is 0.458. The molecule has 0 spiro atoms. The van der Waals surface area contributed by atoms with E-state index in [4.69, 9.17) is 0 Å². The highest BCUT2D eigenvalue weighted by Crippen LogP contribution is 2.29. The summed E-state index contributed by atoms with van der Waals surface area (Å²) in [6.07, 6.45) is 0. The highest BCUT2D eigenvalue weighted by Gasteiger charge is 2.31. The van der Waals surface area contributed by atoms with Gasteiger partial charge in [-0.15, -0.1) is 0 Å². The first kappa shape index (κ1) is 20.6. The topological polar surface area (TPSA) is 26.8 Å². The number of carbonyl (C=O) groups is 1. The molecule has 1 aliphatic heterocycles. The van der Waals surface area contributed by atoms with Crippen LogP contribution in [0.3, 0.4) is 0 Å². The molecule has 1 aliphatic rings. The second kappa shape index (κ2) is 9.85. The molecule has 0 saturated carbocycles. The van der Waals surface area contributed by atoms with Gasteiger partial charge in [-0.2, -0.15) is 0 Å². The van der Waals surface area contributed by atoms with E-state index < -0.39 is 0 Å². The van der Waals surface area contributed by atoms with Crippen molar-refractivity contribution in [1.29, 1.82) is 0 Å². The number of carbonyl (C=O) groups excluding carboxylic acids is 1. The van der Waals surface area contributed by atoms with Crippen LogP contribution in [0.1, 0.15) is 37.9 Å². The molecule has 1 fully saturated rings. The predicted molar refractivity (Wildman–Crippen MR) is 115 cm³/mol. The molecule has 4 nitrogen and oxygen atoms in total. The minimum atomic E-state index is -0.0473. The number of piperazine rings is 1. The monoisotopic (exact) mass is 379 g/mol. The van der Waals surface area contributed by atoms with Gasteiger partial charge in [0.1, 0.15) is 0 Å². The molecule has 4 heteroatoms. The minimum Gasteiger partial charge on any atom is -0.342 e. The standard InChI is InChI=1S/C24H33N3O/c1-4-25(5-2)24(28)20(3)26-16-18-27(19-17-26)23(21-12-8-6-9-13-21)22-14-10-7-11-15-22/h6-15,20,23H,4-5,16-19H2,1-3H3/t20-/m0/s1. The van der Waals surface area contributed by atoms with Gasteiger partial charge in [0.15, 0.2) is 0 Å². The van der Waals surface area contributed by atoms with E-state index in [9.17, 15) is 4.79 Å². The Balaban J connectivity index is 1.72. The molecule has 1 amide bonds. The Morgan fingerprint density at radius 1 is 0.821 bits per heavy atom. The van der Waals surface area contributed by atoms with Gasteiger partial charge in [-0.3, -0.25) is 14.6 Å². The van der Waals surface area contributed by atoms with Gasteiger partial charge >= 0.3 is 0 Å². The lowest BCUT2D eigenvalue weighted by Gasteiger charge is -2.42. The molecule has 28 heavy (non-hydrogen) atoms. The largest absolute Gasteiger partial charge is 0.342 e. The van der Waals surface area contributed by atoms with E-state index in [0.717, 1.165) is 39.3 Å². The molecule has 0 aliphatic carbocycles. The lowest BCUT2D eigenvalue weighted by atomic mass is 9.96. The quantitative estimate of drug-likeness (QED) is 0.735. The van der Waals surface area contributed by atoms with Crippen molar-refractivity contribution in [2.45, 2.75) is 32.9 Å². The van der Waals surface area contributed by atoms with Crippen molar-refractivity contribution in [2.24, 2.45) is 0 Å². The maximum Gasteiger partial charge on any atom is 0.239 e. The fourth-order valence-corrected chi connectivity index (χ4v) is 4.22. The molecule has 2 aromatic rings. The normalized spacial score (nSPS) is 16.9. The van der Waals surface area contributed by atoms with E-state index in [1.807, 2.05) is 4.90 Å². The average molecular weight is 380 g/mol. The Morgan fingerprint density at radius 3 is 1.68 bits per heavy atom. The molecule has 1 saturated heterocycles. The third kappa shape index (κ3) is 4.62. The van der Waals surface area contributed by atoms with Crippen LogP contribution in [0.5, 0.6) is 0 Å². The summed E-state index contributed by atoms with van der Waals surface area (Å²) >= 11 is 0. The smallest absolute Gasteiger partial charge is 0.239 e. The average Bonchev–Trinajstić information content (AvgIpc) is 2.76. The molecule has 0 unspecified atom stereocenters. The molecule has 2 aromatic carbocycles. The predicted octanol–water partition coefficient (Wildman–Crippen LogP) is 3.65. The lowest BCUT2D eigenvalue weighted by Crippen LogP contribution is -2.55. The van der Waals surface area contributed by atoms with Crippen LogP contribution in [0.2, 0.25) is 0 Å². The van der Waals surface area contributed by atoms with E-state index in [-0.39, 0.29) is 18.0 Å². The van der Waals surface area contributed by atoms with E-state index >= 15 is 0 Å². The summed E-state index contributed by atoms with van der Waals surface area (Å²) in [6.45, 7) is 11.5. The maximum absolute atomic E-state index is 12.7. The molecule has 0 radical (unpaired) electrons. The summed E-state index contributed by atoms with van der Waals surface area (Å²) in [5.74, 6) is 0.251. The molecule has 150 valence electrons. The van der Waals surface area contributed by atoms with Crippen LogP contribution < -0.4 is 0 Å². The molecular formula is C24H33N3O. The Morgan fingerprint density at radius 2 is 1.25 bits per heavy atom. The number of benzene rings is 2. The summed E-state index contributed by atoms with van der Waals surface area (Å²) in [5.41, 5.74) is 2.66. The molecule has 3 rings (SSSR count). The highest BCUT2D eigenvalue weighted by atomic mass is 16.2. The fourth-order valence-electron chi connectivity index (χ4n) is 4.22. The van der Waals surface area contributed by atoms with Gasteiger partial charge in [0, 0.05) is 39.3 Å². The highest BCUT2D eigenvalue weighted by molar-refractivity contribution is 5.81. The molecule has 0 aromatic heterocycles. The Bertz CT molecular complexity index is 683. The Labute approximate surface area is 169 Å². The van der Waals surface area contributed by atoms with E-state index in [1.54, 1.807) is 0 Å². The zero-order valence-corrected chi connectivity index (χ0v) is 17.4. The van der Waals surface area contributed by atoms with Crippen LogP contribution in [0.15, 0.2) is 60.7 Å². The van der Waals surface area contributed by atoms with Crippen molar-refractivity contribution in [3.63, 3.8) is 0 Å². The number of nitrogens with zero attached hydrogens (tertiary/aromatic N) is 3. The number of likely N-dealkylation sites (N-methyl/N-ethyl adjacent to an activating group) is 1. The Hall–Kier alpha value is -2.17. The number of amides is 1. The molecule has 0 bridgehead atoms. The van der Waals surface area contributed by atoms with Crippen LogP contribution in [0.25, 0.3) is 0 Å². The van der Waals surface area contributed by atoms with Crippen molar-refractivity contribution in [1.82, 2.24) is 14.7 Å². The van der Waals surface area contributed by atoms with Gasteiger partial charge in [-0.1, -0.05) is 60.7 Å². The zero-order valence-electron chi connectivity index (χ0n) is 17.4. The van der Waals surface area contributed by atoms with Crippen LogP contribution in [0.4, 0.5) is 0 Å². The van der Waals surface area contributed by atoms with Crippen LogP contribution in [-0.4, -0.2) is 65.9 Å². The zero-order chi connectivity index (χ0) is 19.9. The third-order valence-corrected chi connectivity index (χ3v) is 5.92. The number of hydrogen-bond acceptors (Lipinski definition) is 3. The van der Waals surface area contributed by atoms with Gasteiger partial charge in [0.25, 0.3) is 0 Å². The van der Waals surface area contributed by atoms with Gasteiger partial charge in [0.05, 0.1) is 12.1 Å². The van der Waals surface area contributed by atoms with E-state index in [0.29, 0.717) is 0 Å². The summed E-state index contributed by atoms with van der Waals surface area (Å²) in [5, 5.41) is 0. The third-order valence-electron chi connectivity index (χ3n) is 5.92. The van der Waals surface area contributed by atoms with E-state index in [1.165, 1.54) is 11.1 Å². The second-order valence-corrected chi connectivity index (χ2v) is 7.48. The first-order chi connectivity index (χ1) is 13.7. The number of rotatable bonds is 7. The summed E-state index contributed by atoms with van der Waals surface area (Å²) in [7, 11) is 0. The summed E-state index contributed by atoms with van der Waals surface area (Å²) < 4.78 is 0. The van der Waals surface area contributed by atoms with Gasteiger partial charge in [0.2, 0.25) is 5.91 Å². The minimum absolute atomic E-state index is 0.0473.